The Morgan fingerprint density at radius 2 is 2.08 bits per heavy atom. The first-order valence-electron chi connectivity index (χ1n) is 12.2. The van der Waals surface area contributed by atoms with E-state index in [0.29, 0.717) is 53.9 Å². The van der Waals surface area contributed by atoms with Crippen LogP contribution in [0.4, 0.5) is 14.7 Å². The predicted octanol–water partition coefficient (Wildman–Crippen LogP) is 5.44. The molecule has 1 atom stereocenters. The number of nitrogens with zero attached hydrogens (tertiary/aromatic N) is 4. The van der Waals surface area contributed by atoms with Crippen molar-refractivity contribution in [3.8, 4) is 6.07 Å². The SMILES string of the molecule is CC(C)(C)C=C(C#N)C(=O)N1CCCC(n2c(NC(=O)c3ccc(C(F)F)s3)nc3cc(CO)ccc32)C1. The Bertz CT molecular complexity index is 1430. The number of aliphatic hydroxyl groups is 1. The first-order valence-corrected chi connectivity index (χ1v) is 13.1. The molecule has 0 bridgehead atoms. The third kappa shape index (κ3) is 5.92. The van der Waals surface area contributed by atoms with Crippen molar-refractivity contribution in [2.75, 3.05) is 18.4 Å². The zero-order valence-corrected chi connectivity index (χ0v) is 22.2. The Kier molecular flexibility index (Phi) is 7.94. The van der Waals surface area contributed by atoms with Crippen LogP contribution in [-0.2, 0) is 11.4 Å². The number of benzene rings is 1. The molecule has 4 rings (SSSR count). The number of alkyl halides is 2. The van der Waals surface area contributed by atoms with Gasteiger partial charge in [-0.25, -0.2) is 13.8 Å². The zero-order valence-electron chi connectivity index (χ0n) is 21.4. The number of piperidine rings is 1. The van der Waals surface area contributed by atoms with E-state index in [1.807, 2.05) is 31.4 Å². The Labute approximate surface area is 223 Å². The number of imidazole rings is 1. The van der Waals surface area contributed by atoms with Crippen molar-refractivity contribution in [2.45, 2.75) is 52.7 Å². The number of carbonyl (C=O) groups excluding carboxylic acids is 2. The Morgan fingerprint density at radius 3 is 2.71 bits per heavy atom. The molecule has 1 fully saturated rings. The number of nitrogens with one attached hydrogen (secondary N) is 1. The number of halogens is 2. The molecule has 38 heavy (non-hydrogen) atoms. The van der Waals surface area contributed by atoms with Crippen LogP contribution in [0.15, 0.2) is 42.0 Å². The highest BCUT2D eigenvalue weighted by Crippen LogP contribution is 2.33. The molecular weight excluding hydrogens is 512 g/mol. The Hall–Kier alpha value is -3.62. The maximum Gasteiger partial charge on any atom is 0.272 e. The van der Waals surface area contributed by atoms with Crippen LogP contribution in [-0.4, -0.2) is 44.5 Å². The number of rotatable bonds is 6. The van der Waals surface area contributed by atoms with E-state index in [-0.39, 0.29) is 45.2 Å². The fourth-order valence-corrected chi connectivity index (χ4v) is 5.31. The van der Waals surface area contributed by atoms with E-state index in [9.17, 15) is 28.7 Å². The molecule has 11 heteroatoms. The third-order valence-electron chi connectivity index (χ3n) is 6.20. The summed E-state index contributed by atoms with van der Waals surface area (Å²) in [6, 6.07) is 9.61. The fraction of sp³-hybridized carbons (Fsp3) is 0.407. The van der Waals surface area contributed by atoms with Gasteiger partial charge in [-0.3, -0.25) is 14.9 Å². The van der Waals surface area contributed by atoms with Gasteiger partial charge in [0.1, 0.15) is 11.6 Å². The summed E-state index contributed by atoms with van der Waals surface area (Å²) in [6.45, 7) is 6.36. The number of aliphatic hydroxyl groups excluding tert-OH is 1. The molecule has 2 amide bonds. The lowest BCUT2D eigenvalue weighted by molar-refractivity contribution is -0.128. The number of carbonyl (C=O) groups is 2. The number of allylic oxidation sites excluding steroid dienone is 1. The molecule has 0 saturated carbocycles. The van der Waals surface area contributed by atoms with E-state index < -0.39 is 12.3 Å². The maximum absolute atomic E-state index is 13.2. The van der Waals surface area contributed by atoms with Crippen LogP contribution >= 0.6 is 11.3 Å². The van der Waals surface area contributed by atoms with Crippen LogP contribution in [0.25, 0.3) is 11.0 Å². The molecule has 1 aromatic carbocycles. The summed E-state index contributed by atoms with van der Waals surface area (Å²) in [5, 5.41) is 22.0. The van der Waals surface area contributed by atoms with Crippen LogP contribution in [0.3, 0.4) is 0 Å². The lowest BCUT2D eigenvalue weighted by Crippen LogP contribution is -2.41. The van der Waals surface area contributed by atoms with Gasteiger partial charge in [0.15, 0.2) is 0 Å². The van der Waals surface area contributed by atoms with E-state index >= 15 is 0 Å². The number of likely N-dealkylation sites (tertiary alicyclic amines) is 1. The van der Waals surface area contributed by atoms with Crippen molar-refractivity contribution in [2.24, 2.45) is 5.41 Å². The molecule has 3 aromatic rings. The lowest BCUT2D eigenvalue weighted by atomic mass is 9.93. The lowest BCUT2D eigenvalue weighted by Gasteiger charge is -2.34. The summed E-state index contributed by atoms with van der Waals surface area (Å²) in [6.07, 6.45) is 0.371. The summed E-state index contributed by atoms with van der Waals surface area (Å²) in [5.74, 6) is -0.690. The van der Waals surface area contributed by atoms with Gasteiger partial charge < -0.3 is 14.6 Å². The average molecular weight is 542 g/mol. The number of thiophene rings is 1. The van der Waals surface area contributed by atoms with Crippen LogP contribution in [0.5, 0.6) is 0 Å². The van der Waals surface area contributed by atoms with Gasteiger partial charge in [-0.05, 0) is 48.1 Å². The predicted molar refractivity (Wildman–Crippen MR) is 141 cm³/mol. The highest BCUT2D eigenvalue weighted by Gasteiger charge is 2.30. The van der Waals surface area contributed by atoms with E-state index in [1.165, 1.54) is 12.1 Å². The van der Waals surface area contributed by atoms with Gasteiger partial charge in [0.2, 0.25) is 5.95 Å². The van der Waals surface area contributed by atoms with E-state index in [1.54, 1.807) is 29.2 Å². The Balaban J connectivity index is 1.69. The summed E-state index contributed by atoms with van der Waals surface area (Å²) >= 11 is 0.715. The van der Waals surface area contributed by atoms with Crippen LogP contribution in [0, 0.1) is 16.7 Å². The van der Waals surface area contributed by atoms with Gasteiger partial charge in [-0.15, -0.1) is 11.3 Å². The maximum atomic E-state index is 13.2. The average Bonchev–Trinajstić information content (AvgIpc) is 3.51. The van der Waals surface area contributed by atoms with Gasteiger partial charge in [0.05, 0.1) is 33.4 Å². The molecule has 200 valence electrons. The van der Waals surface area contributed by atoms with Crippen molar-refractivity contribution in [3.05, 3.63) is 57.3 Å². The number of hydrogen-bond donors (Lipinski definition) is 2. The number of anilines is 1. The van der Waals surface area contributed by atoms with Gasteiger partial charge in [0.25, 0.3) is 18.2 Å². The monoisotopic (exact) mass is 541 g/mol. The topological polar surface area (TPSA) is 111 Å². The minimum atomic E-state index is -2.67. The molecule has 1 aliphatic heterocycles. The first kappa shape index (κ1) is 27.4. The smallest absolute Gasteiger partial charge is 0.272 e. The number of aromatic nitrogens is 2. The van der Waals surface area contributed by atoms with Gasteiger partial charge >= 0.3 is 0 Å². The molecule has 0 aliphatic carbocycles. The van der Waals surface area contributed by atoms with Crippen molar-refractivity contribution >= 4 is 40.1 Å². The highest BCUT2D eigenvalue weighted by molar-refractivity contribution is 7.14. The van der Waals surface area contributed by atoms with Gasteiger partial charge in [0, 0.05) is 13.1 Å². The van der Waals surface area contributed by atoms with Crippen LogP contribution in [0.2, 0.25) is 0 Å². The summed E-state index contributed by atoms with van der Waals surface area (Å²) < 4.78 is 27.9. The summed E-state index contributed by atoms with van der Waals surface area (Å²) in [4.78, 5) is 32.3. The van der Waals surface area contributed by atoms with Crippen molar-refractivity contribution < 1.29 is 23.5 Å². The molecule has 1 aliphatic rings. The second kappa shape index (κ2) is 11.0. The summed E-state index contributed by atoms with van der Waals surface area (Å²) in [7, 11) is 0. The van der Waals surface area contributed by atoms with Crippen molar-refractivity contribution in [1.29, 1.82) is 5.26 Å². The van der Waals surface area contributed by atoms with Crippen LogP contribution in [0.1, 0.15) is 66.2 Å². The van der Waals surface area contributed by atoms with Crippen molar-refractivity contribution in [1.82, 2.24) is 14.5 Å². The van der Waals surface area contributed by atoms with Gasteiger partial charge in [-0.1, -0.05) is 32.9 Å². The fourth-order valence-electron chi connectivity index (χ4n) is 4.55. The number of hydrogen-bond acceptors (Lipinski definition) is 6. The molecule has 0 radical (unpaired) electrons. The number of nitriles is 1. The largest absolute Gasteiger partial charge is 0.392 e. The Morgan fingerprint density at radius 1 is 1.32 bits per heavy atom. The molecule has 1 saturated heterocycles. The third-order valence-corrected chi connectivity index (χ3v) is 7.30. The molecule has 2 aromatic heterocycles. The second-order valence-electron chi connectivity index (χ2n) is 10.3. The normalized spacial score (nSPS) is 16.6. The number of amides is 2. The first-order chi connectivity index (χ1) is 18.0. The standard InChI is InChI=1S/C27H29F2N5O3S/c1-27(2,3)12-17(13-30)25(37)33-10-4-5-18(14-33)34-20-7-6-16(15-35)11-19(20)31-26(34)32-24(36)22-9-8-21(38-22)23(28)29/h6-9,11-12,18,23,35H,4-5,10,14-15H2,1-3H3,(H,31,32,36). The molecule has 3 heterocycles. The molecular formula is C27H29F2N5O3S. The van der Waals surface area contributed by atoms with Crippen LogP contribution < -0.4 is 5.32 Å². The highest BCUT2D eigenvalue weighted by atomic mass is 32.1. The number of fused-ring (bicyclic) bond motifs is 1. The molecule has 2 N–H and O–H groups in total. The molecule has 0 spiro atoms. The quantitative estimate of drug-likeness (QED) is 0.319. The minimum absolute atomic E-state index is 0.0854. The molecule has 1 unspecified atom stereocenters. The minimum Gasteiger partial charge on any atom is -0.392 e. The summed E-state index contributed by atoms with van der Waals surface area (Å²) in [5.41, 5.74) is 1.63. The van der Waals surface area contributed by atoms with E-state index in [4.69, 9.17) is 0 Å². The van der Waals surface area contributed by atoms with E-state index in [2.05, 4.69) is 10.3 Å². The second-order valence-corrected chi connectivity index (χ2v) is 11.4. The van der Waals surface area contributed by atoms with E-state index in [0.717, 1.165) is 0 Å². The molecule has 8 nitrogen and oxygen atoms in total. The van der Waals surface area contributed by atoms with Crippen molar-refractivity contribution in [3.63, 3.8) is 0 Å². The van der Waals surface area contributed by atoms with Gasteiger partial charge in [-0.2, -0.15) is 5.26 Å². The zero-order chi connectivity index (χ0) is 27.6.